The van der Waals surface area contributed by atoms with Gasteiger partial charge in [-0.15, -0.1) is 0 Å². The molecule has 0 bridgehead atoms. The fourth-order valence-electron chi connectivity index (χ4n) is 2.62. The number of fused-ring (bicyclic) bond motifs is 1. The standard InChI is InChI=1S/C12H21N3/c1-9-6-10(2)15-8-12(3,4)7-14(5)11(15)13-9/h6,11,13H,2,7-8H2,1,3-5H3. The molecule has 0 spiro atoms. The van der Waals surface area contributed by atoms with Gasteiger partial charge in [-0.2, -0.15) is 0 Å². The molecule has 1 unspecified atom stereocenters. The van der Waals surface area contributed by atoms with Crippen molar-refractivity contribution < 1.29 is 0 Å². The van der Waals surface area contributed by atoms with Crippen LogP contribution in [0.4, 0.5) is 0 Å². The molecule has 2 rings (SSSR count). The molecule has 0 aromatic carbocycles. The van der Waals surface area contributed by atoms with Crippen molar-refractivity contribution in [2.24, 2.45) is 5.41 Å². The molecule has 1 saturated heterocycles. The van der Waals surface area contributed by atoms with Crippen LogP contribution in [-0.4, -0.2) is 36.2 Å². The zero-order valence-electron chi connectivity index (χ0n) is 10.2. The van der Waals surface area contributed by atoms with Crippen LogP contribution in [0.2, 0.25) is 0 Å². The SMILES string of the molecule is C=C1C=C(C)NC2N(C)CC(C)(C)CN12. The van der Waals surface area contributed by atoms with E-state index in [4.69, 9.17) is 0 Å². The van der Waals surface area contributed by atoms with Crippen molar-refractivity contribution in [3.8, 4) is 0 Å². The lowest BCUT2D eigenvalue weighted by atomic mass is 9.89. The van der Waals surface area contributed by atoms with Gasteiger partial charge in [0.05, 0.1) is 0 Å². The van der Waals surface area contributed by atoms with E-state index in [0.717, 1.165) is 18.8 Å². The molecule has 0 amide bonds. The van der Waals surface area contributed by atoms with E-state index in [1.165, 1.54) is 5.70 Å². The summed E-state index contributed by atoms with van der Waals surface area (Å²) >= 11 is 0. The Kier molecular flexibility index (Phi) is 2.30. The van der Waals surface area contributed by atoms with Crippen LogP contribution < -0.4 is 5.32 Å². The van der Waals surface area contributed by atoms with E-state index < -0.39 is 0 Å². The maximum atomic E-state index is 4.13. The van der Waals surface area contributed by atoms with E-state index in [-0.39, 0.29) is 6.29 Å². The van der Waals surface area contributed by atoms with Gasteiger partial charge in [0.2, 0.25) is 0 Å². The maximum absolute atomic E-state index is 4.13. The molecule has 1 N–H and O–H groups in total. The highest BCUT2D eigenvalue weighted by Gasteiger charge is 2.38. The molecule has 1 fully saturated rings. The van der Waals surface area contributed by atoms with Gasteiger partial charge in [0.25, 0.3) is 0 Å². The second kappa shape index (κ2) is 3.27. The molecular formula is C12H21N3. The summed E-state index contributed by atoms with van der Waals surface area (Å²) in [7, 11) is 2.16. The molecule has 84 valence electrons. The lowest BCUT2D eigenvalue weighted by molar-refractivity contribution is -0.0329. The van der Waals surface area contributed by atoms with Crippen molar-refractivity contribution in [1.29, 1.82) is 0 Å². The highest BCUT2D eigenvalue weighted by atomic mass is 15.5. The van der Waals surface area contributed by atoms with Gasteiger partial charge < -0.3 is 10.2 Å². The van der Waals surface area contributed by atoms with Gasteiger partial charge in [-0.1, -0.05) is 20.4 Å². The van der Waals surface area contributed by atoms with Crippen LogP contribution in [0.3, 0.4) is 0 Å². The number of nitrogens with zero attached hydrogens (tertiary/aromatic N) is 2. The Morgan fingerprint density at radius 1 is 1.47 bits per heavy atom. The van der Waals surface area contributed by atoms with Crippen LogP contribution >= 0.6 is 0 Å². The first-order chi connectivity index (χ1) is 6.89. The summed E-state index contributed by atoms with van der Waals surface area (Å²) in [4.78, 5) is 4.70. The van der Waals surface area contributed by atoms with Crippen LogP contribution in [0.1, 0.15) is 20.8 Å². The number of hydrogen-bond donors (Lipinski definition) is 1. The highest BCUT2D eigenvalue weighted by Crippen LogP contribution is 2.30. The molecule has 1 atom stereocenters. The molecule has 0 saturated carbocycles. The largest absolute Gasteiger partial charge is 0.356 e. The summed E-state index contributed by atoms with van der Waals surface area (Å²) < 4.78 is 0. The second-order valence-electron chi connectivity index (χ2n) is 5.54. The Morgan fingerprint density at radius 3 is 2.80 bits per heavy atom. The van der Waals surface area contributed by atoms with Gasteiger partial charge >= 0.3 is 0 Å². The lowest BCUT2D eigenvalue weighted by Crippen LogP contribution is -2.64. The molecule has 0 aliphatic carbocycles. The molecular weight excluding hydrogens is 186 g/mol. The molecule has 2 aliphatic heterocycles. The number of hydrogen-bond acceptors (Lipinski definition) is 3. The van der Waals surface area contributed by atoms with Crippen molar-refractivity contribution >= 4 is 0 Å². The molecule has 2 aliphatic rings. The Morgan fingerprint density at radius 2 is 2.13 bits per heavy atom. The lowest BCUT2D eigenvalue weighted by Gasteiger charge is -2.52. The van der Waals surface area contributed by atoms with Crippen LogP contribution in [0, 0.1) is 5.41 Å². The normalized spacial score (nSPS) is 30.7. The Bertz CT molecular complexity index is 317. The van der Waals surface area contributed by atoms with Gasteiger partial charge in [-0.05, 0) is 25.5 Å². The van der Waals surface area contributed by atoms with E-state index in [1.54, 1.807) is 0 Å². The molecule has 0 radical (unpaired) electrons. The predicted molar refractivity (Wildman–Crippen MR) is 62.9 cm³/mol. The first-order valence-electron chi connectivity index (χ1n) is 5.50. The van der Waals surface area contributed by atoms with Gasteiger partial charge in [0.1, 0.15) is 0 Å². The highest BCUT2D eigenvalue weighted by molar-refractivity contribution is 5.23. The molecule has 0 aromatic rings. The van der Waals surface area contributed by atoms with Gasteiger partial charge in [0, 0.05) is 24.5 Å². The molecule has 15 heavy (non-hydrogen) atoms. The molecule has 3 heteroatoms. The number of rotatable bonds is 0. The third-order valence-electron chi connectivity index (χ3n) is 3.10. The summed E-state index contributed by atoms with van der Waals surface area (Å²) in [5, 5.41) is 3.49. The third-order valence-corrected chi connectivity index (χ3v) is 3.10. The topological polar surface area (TPSA) is 18.5 Å². The fraction of sp³-hybridized carbons (Fsp3) is 0.667. The van der Waals surface area contributed by atoms with Gasteiger partial charge in [0.15, 0.2) is 6.29 Å². The van der Waals surface area contributed by atoms with E-state index >= 15 is 0 Å². The molecule has 0 aromatic heterocycles. The minimum atomic E-state index is 0.288. The Hall–Kier alpha value is -0.960. The van der Waals surface area contributed by atoms with Crippen LogP contribution in [0.15, 0.2) is 24.0 Å². The summed E-state index contributed by atoms with van der Waals surface area (Å²) in [5.74, 6) is 0. The second-order valence-corrected chi connectivity index (χ2v) is 5.54. The van der Waals surface area contributed by atoms with Gasteiger partial charge in [-0.25, -0.2) is 0 Å². The average Bonchev–Trinajstić information content (AvgIpc) is 2.06. The van der Waals surface area contributed by atoms with E-state index in [9.17, 15) is 0 Å². The maximum Gasteiger partial charge on any atom is 0.157 e. The van der Waals surface area contributed by atoms with Crippen LogP contribution in [-0.2, 0) is 0 Å². The van der Waals surface area contributed by atoms with Crippen molar-refractivity contribution in [2.45, 2.75) is 27.1 Å². The summed E-state index contributed by atoms with van der Waals surface area (Å²) in [6, 6.07) is 0. The number of nitrogens with one attached hydrogen (secondary N) is 1. The van der Waals surface area contributed by atoms with Gasteiger partial charge in [-0.3, -0.25) is 4.90 Å². The van der Waals surface area contributed by atoms with E-state index in [0.29, 0.717) is 5.41 Å². The van der Waals surface area contributed by atoms with Crippen molar-refractivity contribution in [3.63, 3.8) is 0 Å². The molecule has 3 nitrogen and oxygen atoms in total. The average molecular weight is 207 g/mol. The fourth-order valence-corrected chi connectivity index (χ4v) is 2.62. The first kappa shape index (κ1) is 10.6. The zero-order valence-corrected chi connectivity index (χ0v) is 10.2. The Labute approximate surface area is 92.4 Å². The predicted octanol–water partition coefficient (Wildman–Crippen LogP) is 1.56. The van der Waals surface area contributed by atoms with Crippen LogP contribution in [0.25, 0.3) is 0 Å². The summed E-state index contributed by atoms with van der Waals surface area (Å²) in [6.07, 6.45) is 2.40. The van der Waals surface area contributed by atoms with Crippen molar-refractivity contribution in [3.05, 3.63) is 24.0 Å². The third kappa shape index (κ3) is 1.88. The molecule has 2 heterocycles. The van der Waals surface area contributed by atoms with E-state index in [1.807, 2.05) is 0 Å². The summed E-state index contributed by atoms with van der Waals surface area (Å²) in [6.45, 7) is 13.0. The van der Waals surface area contributed by atoms with Crippen molar-refractivity contribution in [2.75, 3.05) is 20.1 Å². The quantitative estimate of drug-likeness (QED) is 0.650. The Balaban J connectivity index is 2.27. The first-order valence-corrected chi connectivity index (χ1v) is 5.50. The smallest absolute Gasteiger partial charge is 0.157 e. The zero-order chi connectivity index (χ0) is 11.2. The van der Waals surface area contributed by atoms with E-state index in [2.05, 4.69) is 55.6 Å². The minimum absolute atomic E-state index is 0.288. The van der Waals surface area contributed by atoms with Crippen molar-refractivity contribution in [1.82, 2.24) is 15.1 Å². The minimum Gasteiger partial charge on any atom is -0.356 e. The summed E-state index contributed by atoms with van der Waals surface area (Å²) in [5.41, 5.74) is 2.65. The monoisotopic (exact) mass is 207 g/mol. The number of allylic oxidation sites excluding steroid dienone is 2. The van der Waals surface area contributed by atoms with Crippen LogP contribution in [0.5, 0.6) is 0 Å².